The molecule has 0 radical (unpaired) electrons. The summed E-state index contributed by atoms with van der Waals surface area (Å²) in [5.41, 5.74) is -1.22. The van der Waals surface area contributed by atoms with Gasteiger partial charge in [-0.1, -0.05) is 74.5 Å². The van der Waals surface area contributed by atoms with Gasteiger partial charge in [0.15, 0.2) is 11.0 Å². The van der Waals surface area contributed by atoms with Crippen molar-refractivity contribution >= 4 is 24.0 Å². The third-order valence-corrected chi connectivity index (χ3v) is 7.62. The summed E-state index contributed by atoms with van der Waals surface area (Å²) in [6.45, 7) is 9.03. The molecule has 6 unspecified atom stereocenters. The number of hydrogen-bond acceptors (Lipinski definition) is 7. The van der Waals surface area contributed by atoms with Gasteiger partial charge in [-0.15, -0.1) is 0 Å². The molecule has 2 fully saturated rings. The van der Waals surface area contributed by atoms with Crippen LogP contribution in [0.5, 0.6) is 0 Å². The van der Waals surface area contributed by atoms with E-state index in [0.29, 0.717) is 0 Å². The van der Waals surface area contributed by atoms with Crippen LogP contribution in [0.4, 0.5) is 4.79 Å². The zero-order valence-electron chi connectivity index (χ0n) is 23.4. The first-order chi connectivity index (χ1) is 18.3. The lowest BCUT2D eigenvalue weighted by atomic mass is 9.99. The Bertz CT molecular complexity index is 1210. The maximum Gasteiger partial charge on any atom is 0.408 e. The second-order valence-electron chi connectivity index (χ2n) is 11.0. The Kier molecular flexibility index (Phi) is 8.43. The third-order valence-electron chi connectivity index (χ3n) is 7.62. The van der Waals surface area contributed by atoms with Crippen LogP contribution in [0.25, 0.3) is 0 Å². The highest BCUT2D eigenvalue weighted by Gasteiger charge is 2.74. The fourth-order valence-electron chi connectivity index (χ4n) is 5.64. The molecule has 0 bridgehead atoms. The number of amides is 1. The number of carboxylic acid groups (broad SMARTS) is 1. The lowest BCUT2D eigenvalue weighted by molar-refractivity contribution is -0.160. The Morgan fingerprint density at radius 2 is 1.23 bits per heavy atom. The Morgan fingerprint density at radius 1 is 0.769 bits per heavy atom. The van der Waals surface area contributed by atoms with Crippen LogP contribution in [0, 0.1) is 17.3 Å². The Morgan fingerprint density at radius 3 is 1.64 bits per heavy atom. The van der Waals surface area contributed by atoms with Crippen molar-refractivity contribution in [2.24, 2.45) is 17.3 Å². The van der Waals surface area contributed by atoms with Crippen molar-refractivity contribution in [2.75, 3.05) is 14.2 Å². The summed E-state index contributed by atoms with van der Waals surface area (Å²) in [4.78, 5) is 47.5. The molecule has 0 aromatic heterocycles. The molecule has 1 amide bonds. The van der Waals surface area contributed by atoms with Gasteiger partial charge < -0.3 is 24.6 Å². The first kappa shape index (κ1) is 29.7. The molecule has 210 valence electrons. The molecule has 4 rings (SSSR count). The molecule has 2 aromatic carbocycles. The van der Waals surface area contributed by atoms with Crippen LogP contribution in [-0.2, 0) is 28.6 Å². The SMILES string of the molecule is COC(=O)C1(C(=O)O)C(C)C1c1ccccc1.COC(=O)C1(NC(=O)OC(C)(C)C)C(C)C1c1ccccc1. The molecule has 9 nitrogen and oxygen atoms in total. The fraction of sp³-hybridized carbons (Fsp3) is 0.467. The van der Waals surface area contributed by atoms with E-state index in [0.717, 1.165) is 11.1 Å². The molecule has 2 aliphatic rings. The van der Waals surface area contributed by atoms with E-state index in [-0.39, 0.29) is 23.7 Å². The van der Waals surface area contributed by atoms with E-state index in [4.69, 9.17) is 9.47 Å². The van der Waals surface area contributed by atoms with Crippen molar-refractivity contribution in [1.29, 1.82) is 0 Å². The molecule has 0 heterocycles. The van der Waals surface area contributed by atoms with Gasteiger partial charge in [-0.25, -0.2) is 9.59 Å². The number of aliphatic carboxylic acids is 1. The summed E-state index contributed by atoms with van der Waals surface area (Å²) in [5.74, 6) is -2.93. The van der Waals surface area contributed by atoms with Crippen LogP contribution in [0.1, 0.15) is 57.6 Å². The number of nitrogens with one attached hydrogen (secondary N) is 1. The summed E-state index contributed by atoms with van der Waals surface area (Å²) in [5, 5.41) is 12.0. The molecular weight excluding hydrogens is 502 g/mol. The Hall–Kier alpha value is -3.88. The minimum absolute atomic E-state index is 0.0603. The first-order valence-corrected chi connectivity index (χ1v) is 12.8. The number of hydrogen-bond donors (Lipinski definition) is 2. The number of ether oxygens (including phenoxy) is 3. The number of rotatable bonds is 6. The summed E-state index contributed by atoms with van der Waals surface area (Å²) >= 11 is 0. The summed E-state index contributed by atoms with van der Waals surface area (Å²) < 4.78 is 14.8. The van der Waals surface area contributed by atoms with Crippen LogP contribution in [0.15, 0.2) is 60.7 Å². The van der Waals surface area contributed by atoms with Crippen LogP contribution in [0.3, 0.4) is 0 Å². The van der Waals surface area contributed by atoms with Crippen molar-refractivity contribution in [3.8, 4) is 0 Å². The van der Waals surface area contributed by atoms with Gasteiger partial charge in [0, 0.05) is 17.8 Å². The summed E-state index contributed by atoms with van der Waals surface area (Å²) in [7, 11) is 2.55. The Balaban J connectivity index is 0.000000223. The largest absolute Gasteiger partial charge is 0.480 e. The minimum Gasteiger partial charge on any atom is -0.480 e. The van der Waals surface area contributed by atoms with Crippen molar-refractivity contribution in [2.45, 2.75) is 57.6 Å². The van der Waals surface area contributed by atoms with Crippen LogP contribution >= 0.6 is 0 Å². The van der Waals surface area contributed by atoms with E-state index >= 15 is 0 Å². The number of esters is 2. The standard InChI is InChI=1S/C17H23NO4.C13H14O4/c1-11-13(12-9-7-6-8-10-12)17(11,14(19)21-5)18-15(20)22-16(2,3)4;1-8-10(9-6-4-3-5-7-9)13(8,11(14)15)12(16)17-2/h6-11,13H,1-5H3,(H,18,20);3-8,10H,1-2H3,(H,14,15). The first-order valence-electron chi connectivity index (χ1n) is 12.8. The zero-order valence-corrected chi connectivity index (χ0v) is 23.4. The highest BCUT2D eigenvalue weighted by Crippen LogP contribution is 2.65. The van der Waals surface area contributed by atoms with Crippen molar-refractivity contribution in [3.05, 3.63) is 71.8 Å². The highest BCUT2D eigenvalue weighted by atomic mass is 16.6. The lowest BCUT2D eigenvalue weighted by Gasteiger charge is -2.23. The van der Waals surface area contributed by atoms with E-state index in [1.54, 1.807) is 27.7 Å². The maximum absolute atomic E-state index is 12.3. The van der Waals surface area contributed by atoms with Crippen LogP contribution < -0.4 is 5.32 Å². The molecule has 2 N–H and O–H groups in total. The normalized spacial score (nSPS) is 28.6. The van der Waals surface area contributed by atoms with E-state index < -0.39 is 40.6 Å². The predicted molar refractivity (Wildman–Crippen MR) is 143 cm³/mol. The smallest absolute Gasteiger partial charge is 0.408 e. The topological polar surface area (TPSA) is 128 Å². The number of carboxylic acids is 1. The summed E-state index contributed by atoms with van der Waals surface area (Å²) in [6.07, 6.45) is -0.608. The fourth-order valence-corrected chi connectivity index (χ4v) is 5.64. The average molecular weight is 540 g/mol. The number of methoxy groups -OCH3 is 2. The predicted octanol–water partition coefficient (Wildman–Crippen LogP) is 4.52. The van der Waals surface area contributed by atoms with E-state index in [2.05, 4.69) is 10.1 Å². The van der Waals surface area contributed by atoms with Crippen molar-refractivity contribution < 1.29 is 38.5 Å². The van der Waals surface area contributed by atoms with Gasteiger partial charge in [0.05, 0.1) is 14.2 Å². The molecule has 6 atom stereocenters. The van der Waals surface area contributed by atoms with Crippen molar-refractivity contribution in [1.82, 2.24) is 5.32 Å². The number of benzene rings is 2. The van der Waals surface area contributed by atoms with Gasteiger partial charge in [0.25, 0.3) is 0 Å². The molecule has 2 saturated carbocycles. The minimum atomic E-state index is -1.41. The second kappa shape index (κ2) is 11.1. The summed E-state index contributed by atoms with van der Waals surface area (Å²) in [6, 6.07) is 18.9. The molecule has 0 aliphatic heterocycles. The van der Waals surface area contributed by atoms with Gasteiger partial charge in [0.1, 0.15) is 5.60 Å². The van der Waals surface area contributed by atoms with E-state index in [1.165, 1.54) is 14.2 Å². The molecule has 9 heteroatoms. The molecule has 0 spiro atoms. The van der Waals surface area contributed by atoms with Gasteiger partial charge in [-0.3, -0.25) is 9.59 Å². The molecule has 2 aliphatic carbocycles. The molecular formula is C30H37NO8. The van der Waals surface area contributed by atoms with Crippen LogP contribution in [-0.4, -0.2) is 54.5 Å². The maximum atomic E-state index is 12.3. The monoisotopic (exact) mass is 539 g/mol. The van der Waals surface area contributed by atoms with Gasteiger partial charge in [-0.2, -0.15) is 0 Å². The average Bonchev–Trinajstić information content (AvgIpc) is 3.72. The van der Waals surface area contributed by atoms with E-state index in [1.807, 2.05) is 67.6 Å². The lowest BCUT2D eigenvalue weighted by Crippen LogP contribution is -2.48. The molecule has 2 aromatic rings. The quantitative estimate of drug-likeness (QED) is 0.312. The van der Waals surface area contributed by atoms with E-state index in [9.17, 15) is 24.3 Å². The van der Waals surface area contributed by atoms with Gasteiger partial charge in [-0.05, 0) is 37.8 Å². The highest BCUT2D eigenvalue weighted by molar-refractivity contribution is 6.05. The number of alkyl carbamates (subject to hydrolysis) is 1. The molecule has 0 saturated heterocycles. The van der Waals surface area contributed by atoms with Gasteiger partial charge in [0.2, 0.25) is 0 Å². The third kappa shape index (κ3) is 5.48. The van der Waals surface area contributed by atoms with Crippen LogP contribution in [0.2, 0.25) is 0 Å². The number of carbonyl (C=O) groups excluding carboxylic acids is 3. The zero-order chi connectivity index (χ0) is 29.2. The second-order valence-corrected chi connectivity index (χ2v) is 11.0. The molecule has 39 heavy (non-hydrogen) atoms. The number of carbonyl (C=O) groups is 4. The Labute approximate surface area is 228 Å². The van der Waals surface area contributed by atoms with Crippen molar-refractivity contribution in [3.63, 3.8) is 0 Å². The van der Waals surface area contributed by atoms with Gasteiger partial charge >= 0.3 is 24.0 Å².